The second-order valence-corrected chi connectivity index (χ2v) is 6.11. The van der Waals surface area contributed by atoms with Gasteiger partial charge < -0.3 is 14.4 Å². The second kappa shape index (κ2) is 7.49. The number of hydrogen-bond acceptors (Lipinski definition) is 4. The van der Waals surface area contributed by atoms with Crippen LogP contribution in [0.3, 0.4) is 0 Å². The zero-order chi connectivity index (χ0) is 20.6. The molecule has 0 saturated heterocycles. The third-order valence-electron chi connectivity index (χ3n) is 4.63. The summed E-state index contributed by atoms with van der Waals surface area (Å²) in [5, 5.41) is 0. The first-order valence-corrected chi connectivity index (χ1v) is 8.16. The zero-order valence-corrected chi connectivity index (χ0v) is 14.9. The van der Waals surface area contributed by atoms with E-state index in [1.165, 1.54) is 7.11 Å². The molecule has 0 aromatic heterocycles. The number of esters is 1. The van der Waals surface area contributed by atoms with Crippen LogP contribution in [0.4, 0.5) is 17.6 Å². The van der Waals surface area contributed by atoms with E-state index in [0.29, 0.717) is 11.3 Å². The number of methoxy groups -OCH3 is 2. The van der Waals surface area contributed by atoms with Crippen LogP contribution in [0.5, 0.6) is 5.75 Å². The molecule has 148 valence electrons. The van der Waals surface area contributed by atoms with Crippen molar-refractivity contribution in [1.82, 2.24) is 4.90 Å². The molecular weight excluding hydrogens is 382 g/mol. The number of rotatable bonds is 5. The Labute approximate surface area is 157 Å². The summed E-state index contributed by atoms with van der Waals surface area (Å²) in [5.41, 5.74) is -1.02. The van der Waals surface area contributed by atoms with Gasteiger partial charge in [0.15, 0.2) is 23.3 Å². The first kappa shape index (κ1) is 19.7. The maximum absolute atomic E-state index is 14.1. The highest BCUT2D eigenvalue weighted by Crippen LogP contribution is 2.38. The molecule has 0 bridgehead atoms. The van der Waals surface area contributed by atoms with Gasteiger partial charge in [-0.15, -0.1) is 0 Å². The van der Waals surface area contributed by atoms with Crippen molar-refractivity contribution in [2.24, 2.45) is 0 Å². The fourth-order valence-electron chi connectivity index (χ4n) is 3.16. The van der Waals surface area contributed by atoms with E-state index in [9.17, 15) is 27.2 Å². The smallest absolute Gasteiger partial charge is 0.307 e. The Bertz CT molecular complexity index is 946. The van der Waals surface area contributed by atoms with Crippen molar-refractivity contribution >= 4 is 11.9 Å². The Morgan fingerprint density at radius 1 is 1.04 bits per heavy atom. The highest BCUT2D eigenvalue weighted by molar-refractivity contribution is 5.99. The molecule has 1 unspecified atom stereocenters. The summed E-state index contributed by atoms with van der Waals surface area (Å²) in [7, 11) is 2.61. The third kappa shape index (κ3) is 3.17. The maximum atomic E-state index is 14.1. The minimum atomic E-state index is -2.06. The number of nitrogens with zero attached hydrogens (tertiary/aromatic N) is 1. The van der Waals surface area contributed by atoms with Gasteiger partial charge in [-0.2, -0.15) is 0 Å². The van der Waals surface area contributed by atoms with Crippen molar-refractivity contribution in [2.45, 2.75) is 19.0 Å². The van der Waals surface area contributed by atoms with Gasteiger partial charge in [-0.1, -0.05) is 12.1 Å². The number of benzene rings is 2. The normalized spacial score (nSPS) is 14.1. The van der Waals surface area contributed by atoms with Gasteiger partial charge in [0, 0.05) is 5.56 Å². The van der Waals surface area contributed by atoms with Crippen molar-refractivity contribution < 1.29 is 36.6 Å². The van der Waals surface area contributed by atoms with E-state index in [0.717, 1.165) is 12.0 Å². The summed E-state index contributed by atoms with van der Waals surface area (Å²) in [6.45, 7) is -0.526. The molecule has 1 amide bonds. The fraction of sp³-hybridized carbons (Fsp3) is 0.263. The van der Waals surface area contributed by atoms with E-state index >= 15 is 0 Å². The molecule has 0 saturated carbocycles. The Balaban J connectivity index is 2.05. The molecular formula is C19H15F4NO4. The highest BCUT2D eigenvalue weighted by Gasteiger charge is 2.41. The molecule has 5 nitrogen and oxygen atoms in total. The van der Waals surface area contributed by atoms with Gasteiger partial charge in [-0.25, -0.2) is 17.6 Å². The standard InChI is InChI=1S/C19H15F4NO4/c1-27-10-5-3-9(4-6-10)12(7-13(25)28-2)24-8-11-14(19(24)26)16(21)18(23)17(22)15(11)20/h3-6,12H,7-8H2,1-2H3. The Morgan fingerprint density at radius 3 is 2.21 bits per heavy atom. The molecule has 2 aromatic rings. The SMILES string of the molecule is COC(=O)CC(c1ccc(OC)cc1)N1Cc2c(F)c(F)c(F)c(F)c2C1=O. The monoisotopic (exact) mass is 397 g/mol. The van der Waals surface area contributed by atoms with Crippen LogP contribution in [0.2, 0.25) is 0 Å². The van der Waals surface area contributed by atoms with Crippen molar-refractivity contribution in [2.75, 3.05) is 14.2 Å². The predicted molar refractivity (Wildman–Crippen MR) is 88.5 cm³/mol. The van der Waals surface area contributed by atoms with Gasteiger partial charge >= 0.3 is 5.97 Å². The molecule has 1 aliphatic rings. The van der Waals surface area contributed by atoms with Crippen molar-refractivity contribution in [3.63, 3.8) is 0 Å². The summed E-state index contributed by atoms with van der Waals surface area (Å²) in [6.07, 6.45) is -0.323. The van der Waals surface area contributed by atoms with Crippen LogP contribution in [0, 0.1) is 23.3 Å². The number of halogens is 4. The summed E-state index contributed by atoms with van der Waals surface area (Å²) in [4.78, 5) is 25.5. The van der Waals surface area contributed by atoms with Crippen molar-refractivity contribution in [3.05, 3.63) is 64.2 Å². The van der Waals surface area contributed by atoms with Crippen LogP contribution in [-0.2, 0) is 16.1 Å². The first-order valence-electron chi connectivity index (χ1n) is 8.16. The average molecular weight is 397 g/mol. The summed E-state index contributed by atoms with van der Waals surface area (Å²) in [5.74, 6) is -8.64. The summed E-state index contributed by atoms with van der Waals surface area (Å²) in [6, 6.07) is 5.32. The maximum Gasteiger partial charge on any atom is 0.307 e. The quantitative estimate of drug-likeness (QED) is 0.335. The number of ether oxygens (including phenoxy) is 2. The van der Waals surface area contributed by atoms with E-state index < -0.39 is 58.9 Å². The lowest BCUT2D eigenvalue weighted by atomic mass is 10.0. The molecule has 1 aliphatic heterocycles. The Kier molecular flexibility index (Phi) is 5.26. The van der Waals surface area contributed by atoms with Crippen LogP contribution in [0.25, 0.3) is 0 Å². The molecule has 2 aromatic carbocycles. The molecule has 28 heavy (non-hydrogen) atoms. The number of fused-ring (bicyclic) bond motifs is 1. The van der Waals surface area contributed by atoms with E-state index in [1.54, 1.807) is 24.3 Å². The molecule has 0 fully saturated rings. The van der Waals surface area contributed by atoms with E-state index in [2.05, 4.69) is 4.74 Å². The molecule has 0 N–H and O–H groups in total. The highest BCUT2D eigenvalue weighted by atomic mass is 19.2. The average Bonchev–Trinajstić information content (AvgIpc) is 3.05. The van der Waals surface area contributed by atoms with Gasteiger partial charge in [0.2, 0.25) is 0 Å². The van der Waals surface area contributed by atoms with Crippen LogP contribution < -0.4 is 4.74 Å². The zero-order valence-electron chi connectivity index (χ0n) is 14.9. The van der Waals surface area contributed by atoms with Gasteiger partial charge in [0.05, 0.1) is 38.8 Å². The van der Waals surface area contributed by atoms with Crippen LogP contribution in [0.15, 0.2) is 24.3 Å². The molecule has 0 radical (unpaired) electrons. The number of amides is 1. The van der Waals surface area contributed by atoms with Crippen molar-refractivity contribution in [1.29, 1.82) is 0 Å². The van der Waals surface area contributed by atoms with E-state index in [4.69, 9.17) is 4.74 Å². The predicted octanol–water partition coefficient (Wildman–Crippen LogP) is 3.51. The Hall–Kier alpha value is -3.10. The lowest BCUT2D eigenvalue weighted by molar-refractivity contribution is -0.141. The molecule has 0 spiro atoms. The first-order chi connectivity index (χ1) is 13.3. The van der Waals surface area contributed by atoms with Gasteiger partial charge in [0.1, 0.15) is 5.75 Å². The third-order valence-corrected chi connectivity index (χ3v) is 4.63. The van der Waals surface area contributed by atoms with Crippen LogP contribution in [-0.4, -0.2) is 31.0 Å². The number of carbonyl (C=O) groups is 2. The van der Waals surface area contributed by atoms with E-state index in [1.807, 2.05) is 0 Å². The molecule has 3 rings (SSSR count). The molecule has 0 aliphatic carbocycles. The number of carbonyl (C=O) groups excluding carboxylic acids is 2. The van der Waals surface area contributed by atoms with Gasteiger partial charge in [0.25, 0.3) is 5.91 Å². The van der Waals surface area contributed by atoms with Crippen LogP contribution in [0.1, 0.15) is 33.9 Å². The van der Waals surface area contributed by atoms with Crippen LogP contribution >= 0.6 is 0 Å². The van der Waals surface area contributed by atoms with Crippen molar-refractivity contribution in [3.8, 4) is 5.75 Å². The molecule has 1 atom stereocenters. The topological polar surface area (TPSA) is 55.8 Å². The van der Waals surface area contributed by atoms with Gasteiger partial charge in [-0.05, 0) is 17.7 Å². The minimum absolute atomic E-state index is 0.323. The van der Waals surface area contributed by atoms with E-state index in [-0.39, 0.29) is 6.42 Å². The van der Waals surface area contributed by atoms with Gasteiger partial charge in [-0.3, -0.25) is 9.59 Å². The fourth-order valence-corrected chi connectivity index (χ4v) is 3.16. The minimum Gasteiger partial charge on any atom is -0.497 e. The number of hydrogen-bond donors (Lipinski definition) is 0. The molecule has 1 heterocycles. The molecule has 9 heteroatoms. The lowest BCUT2D eigenvalue weighted by Gasteiger charge is -2.27. The summed E-state index contributed by atoms with van der Waals surface area (Å²) >= 11 is 0. The lowest BCUT2D eigenvalue weighted by Crippen LogP contribution is -2.31. The second-order valence-electron chi connectivity index (χ2n) is 6.11. The largest absolute Gasteiger partial charge is 0.497 e. The Morgan fingerprint density at radius 2 is 1.64 bits per heavy atom. The summed E-state index contributed by atoms with van der Waals surface area (Å²) < 4.78 is 65.1.